The van der Waals surface area contributed by atoms with E-state index in [1.807, 2.05) is 23.1 Å². The summed E-state index contributed by atoms with van der Waals surface area (Å²) in [5.41, 5.74) is 0. The fourth-order valence-corrected chi connectivity index (χ4v) is 3.22. The number of amides is 2. The molecule has 6 heteroatoms. The minimum atomic E-state index is 0.0414. The Balaban J connectivity index is 1.60. The van der Waals surface area contributed by atoms with Crippen molar-refractivity contribution in [3.05, 3.63) is 29.3 Å². The first kappa shape index (κ1) is 20.6. The normalized spacial score (nSPS) is 15.2. The highest BCUT2D eigenvalue weighted by Gasteiger charge is 2.23. The lowest BCUT2D eigenvalue weighted by molar-refractivity contribution is -0.133. The highest BCUT2D eigenvalue weighted by Crippen LogP contribution is 2.23. The summed E-state index contributed by atoms with van der Waals surface area (Å²) in [6.45, 7) is 6.03. The Labute approximate surface area is 161 Å². The van der Waals surface area contributed by atoms with E-state index >= 15 is 0 Å². The van der Waals surface area contributed by atoms with E-state index in [2.05, 4.69) is 19.2 Å². The number of likely N-dealkylation sites (tertiary alicyclic amines) is 1. The summed E-state index contributed by atoms with van der Waals surface area (Å²) < 4.78 is 5.59. The molecule has 0 aromatic heterocycles. The van der Waals surface area contributed by atoms with Crippen molar-refractivity contribution < 1.29 is 14.3 Å². The number of nitrogens with one attached hydrogen (secondary N) is 1. The van der Waals surface area contributed by atoms with Gasteiger partial charge in [-0.15, -0.1) is 0 Å². The minimum Gasteiger partial charge on any atom is -0.492 e. The van der Waals surface area contributed by atoms with Gasteiger partial charge in [-0.05, 0) is 37.3 Å². The SMILES string of the molecule is CC(C)CC(=O)N1CCC(NC(=O)CCCOc2ccccc2Cl)CC1. The molecule has 0 saturated carbocycles. The van der Waals surface area contributed by atoms with Crippen molar-refractivity contribution in [2.75, 3.05) is 19.7 Å². The third-order valence-electron chi connectivity index (χ3n) is 4.44. The largest absolute Gasteiger partial charge is 0.492 e. The van der Waals surface area contributed by atoms with Crippen LogP contribution in [0, 0.1) is 5.92 Å². The average molecular weight is 381 g/mol. The van der Waals surface area contributed by atoms with Gasteiger partial charge >= 0.3 is 0 Å². The molecule has 2 rings (SSSR count). The Bertz CT molecular complexity index is 598. The van der Waals surface area contributed by atoms with Crippen molar-refractivity contribution in [2.45, 2.75) is 52.0 Å². The lowest BCUT2D eigenvalue weighted by atomic mass is 10.0. The molecule has 0 aliphatic carbocycles. The van der Waals surface area contributed by atoms with Gasteiger partial charge in [-0.2, -0.15) is 0 Å². The van der Waals surface area contributed by atoms with Crippen LogP contribution in [0.3, 0.4) is 0 Å². The second-order valence-corrected chi connectivity index (χ2v) is 7.61. The van der Waals surface area contributed by atoms with Crippen molar-refractivity contribution in [1.82, 2.24) is 10.2 Å². The van der Waals surface area contributed by atoms with Crippen LogP contribution in [0.4, 0.5) is 0 Å². The molecule has 5 nitrogen and oxygen atoms in total. The molecule has 144 valence electrons. The quantitative estimate of drug-likeness (QED) is 0.700. The zero-order valence-electron chi connectivity index (χ0n) is 15.7. The summed E-state index contributed by atoms with van der Waals surface area (Å²) in [4.78, 5) is 26.1. The third-order valence-corrected chi connectivity index (χ3v) is 4.75. The summed E-state index contributed by atoms with van der Waals surface area (Å²) >= 11 is 6.02. The molecule has 1 heterocycles. The molecule has 0 atom stereocenters. The van der Waals surface area contributed by atoms with E-state index in [1.54, 1.807) is 6.07 Å². The molecule has 0 radical (unpaired) electrons. The average Bonchev–Trinajstić information content (AvgIpc) is 2.60. The molecular formula is C20H29ClN2O3. The van der Waals surface area contributed by atoms with E-state index in [1.165, 1.54) is 0 Å². The fraction of sp³-hybridized carbons (Fsp3) is 0.600. The second kappa shape index (κ2) is 10.4. The molecule has 0 unspecified atom stereocenters. The van der Waals surface area contributed by atoms with Gasteiger partial charge in [-0.1, -0.05) is 37.6 Å². The van der Waals surface area contributed by atoms with Gasteiger partial charge in [0.15, 0.2) is 0 Å². The maximum absolute atomic E-state index is 12.1. The molecule has 1 N–H and O–H groups in total. The number of carbonyl (C=O) groups excluding carboxylic acids is 2. The van der Waals surface area contributed by atoms with E-state index < -0.39 is 0 Å². The van der Waals surface area contributed by atoms with Crippen LogP contribution >= 0.6 is 11.6 Å². The molecule has 1 aromatic carbocycles. The molecule has 2 amide bonds. The second-order valence-electron chi connectivity index (χ2n) is 7.20. The van der Waals surface area contributed by atoms with Crippen molar-refractivity contribution in [1.29, 1.82) is 0 Å². The van der Waals surface area contributed by atoms with Crippen LogP contribution < -0.4 is 10.1 Å². The first-order chi connectivity index (χ1) is 12.5. The number of ether oxygens (including phenoxy) is 1. The number of hydrogen-bond donors (Lipinski definition) is 1. The molecule has 1 saturated heterocycles. The summed E-state index contributed by atoms with van der Waals surface area (Å²) in [6.07, 6.45) is 3.32. The summed E-state index contributed by atoms with van der Waals surface area (Å²) in [7, 11) is 0. The monoisotopic (exact) mass is 380 g/mol. The van der Waals surface area contributed by atoms with E-state index in [-0.39, 0.29) is 17.9 Å². The maximum atomic E-state index is 12.1. The lowest BCUT2D eigenvalue weighted by Gasteiger charge is -2.32. The van der Waals surface area contributed by atoms with Gasteiger partial charge in [0.25, 0.3) is 0 Å². The predicted octanol–water partition coefficient (Wildman–Crippen LogP) is 3.65. The van der Waals surface area contributed by atoms with Crippen LogP contribution in [0.1, 0.15) is 46.0 Å². The standard InChI is InChI=1S/C20H29ClN2O3/c1-15(2)14-20(25)23-11-9-16(10-12-23)22-19(24)8-5-13-26-18-7-4-3-6-17(18)21/h3-4,6-7,15-16H,5,8-14H2,1-2H3,(H,22,24). The number of carbonyl (C=O) groups is 2. The highest BCUT2D eigenvalue weighted by molar-refractivity contribution is 6.32. The zero-order chi connectivity index (χ0) is 18.9. The van der Waals surface area contributed by atoms with E-state index in [9.17, 15) is 9.59 Å². The topological polar surface area (TPSA) is 58.6 Å². The Morgan fingerprint density at radius 3 is 2.62 bits per heavy atom. The molecule has 0 bridgehead atoms. The first-order valence-electron chi connectivity index (χ1n) is 9.40. The minimum absolute atomic E-state index is 0.0414. The predicted molar refractivity (Wildman–Crippen MR) is 103 cm³/mol. The van der Waals surface area contributed by atoms with Crippen molar-refractivity contribution in [3.8, 4) is 5.75 Å². The summed E-state index contributed by atoms with van der Waals surface area (Å²) in [5, 5.41) is 3.65. The Morgan fingerprint density at radius 2 is 1.96 bits per heavy atom. The number of nitrogens with zero attached hydrogens (tertiary/aromatic N) is 1. The van der Waals surface area contributed by atoms with Gasteiger partial charge in [0.1, 0.15) is 5.75 Å². The van der Waals surface area contributed by atoms with Crippen molar-refractivity contribution in [2.24, 2.45) is 5.92 Å². The summed E-state index contributed by atoms with van der Waals surface area (Å²) in [6, 6.07) is 7.48. The number of benzene rings is 1. The van der Waals surface area contributed by atoms with Gasteiger partial charge in [-0.25, -0.2) is 0 Å². The van der Waals surface area contributed by atoms with Gasteiger partial charge in [0.05, 0.1) is 11.6 Å². The molecule has 26 heavy (non-hydrogen) atoms. The highest BCUT2D eigenvalue weighted by atomic mass is 35.5. The number of piperidine rings is 1. The van der Waals surface area contributed by atoms with Gasteiger partial charge < -0.3 is 15.0 Å². The van der Waals surface area contributed by atoms with Crippen LogP contribution in [-0.2, 0) is 9.59 Å². The number of hydrogen-bond acceptors (Lipinski definition) is 3. The van der Waals surface area contributed by atoms with Crippen LogP contribution in [-0.4, -0.2) is 42.5 Å². The van der Waals surface area contributed by atoms with Crippen molar-refractivity contribution in [3.63, 3.8) is 0 Å². The molecule has 0 spiro atoms. The van der Waals surface area contributed by atoms with Crippen LogP contribution in [0.25, 0.3) is 0 Å². The Morgan fingerprint density at radius 1 is 1.27 bits per heavy atom. The van der Waals surface area contributed by atoms with Gasteiger partial charge in [0, 0.05) is 32.0 Å². The Hall–Kier alpha value is -1.75. The van der Waals surface area contributed by atoms with E-state index in [4.69, 9.17) is 16.3 Å². The van der Waals surface area contributed by atoms with E-state index in [0.717, 1.165) is 25.9 Å². The van der Waals surface area contributed by atoms with Crippen LogP contribution in [0.5, 0.6) is 5.75 Å². The number of rotatable bonds is 8. The molecule has 1 aliphatic rings. The third kappa shape index (κ3) is 6.87. The fourth-order valence-electron chi connectivity index (χ4n) is 3.03. The zero-order valence-corrected chi connectivity index (χ0v) is 16.4. The van der Waals surface area contributed by atoms with Crippen LogP contribution in [0.2, 0.25) is 5.02 Å². The summed E-state index contributed by atoms with van der Waals surface area (Å²) in [5.74, 6) is 1.29. The molecule has 1 fully saturated rings. The van der Waals surface area contributed by atoms with Crippen molar-refractivity contribution >= 4 is 23.4 Å². The Kier molecular flexibility index (Phi) is 8.23. The molecule has 1 aliphatic heterocycles. The smallest absolute Gasteiger partial charge is 0.222 e. The molecular weight excluding hydrogens is 352 g/mol. The molecule has 1 aromatic rings. The van der Waals surface area contributed by atoms with Gasteiger partial charge in [0.2, 0.25) is 11.8 Å². The van der Waals surface area contributed by atoms with E-state index in [0.29, 0.717) is 42.6 Å². The first-order valence-corrected chi connectivity index (χ1v) is 9.78. The van der Waals surface area contributed by atoms with Crippen LogP contribution in [0.15, 0.2) is 24.3 Å². The van der Waals surface area contributed by atoms with Gasteiger partial charge in [-0.3, -0.25) is 9.59 Å². The lowest BCUT2D eigenvalue weighted by Crippen LogP contribution is -2.46. The number of halogens is 1. The number of para-hydroxylation sites is 1. The maximum Gasteiger partial charge on any atom is 0.222 e.